The summed E-state index contributed by atoms with van der Waals surface area (Å²) in [6, 6.07) is 8.75. The molecule has 53 heavy (non-hydrogen) atoms. The highest BCUT2D eigenvalue weighted by Crippen LogP contribution is 2.48. The molecule has 3 unspecified atom stereocenters. The first kappa shape index (κ1) is 34.8. The number of benzene rings is 3. The summed E-state index contributed by atoms with van der Waals surface area (Å²) in [5.41, 5.74) is 0.692. The van der Waals surface area contributed by atoms with Gasteiger partial charge >= 0.3 is 6.01 Å². The van der Waals surface area contributed by atoms with Crippen molar-refractivity contribution in [3.8, 4) is 28.6 Å². The maximum absolute atomic E-state index is 17.3. The molecule has 6 heterocycles. The normalized spacial score (nSPS) is 27.6. The number of rotatable bonds is 7. The van der Waals surface area contributed by atoms with Crippen LogP contribution in [0.15, 0.2) is 30.3 Å². The molecule has 10 nitrogen and oxygen atoms in total. The Hall–Kier alpha value is -3.91. The van der Waals surface area contributed by atoms with Crippen molar-refractivity contribution < 1.29 is 32.5 Å². The van der Waals surface area contributed by atoms with E-state index in [-0.39, 0.29) is 83.3 Å². The number of hydrogen-bond acceptors (Lipinski definition) is 10. The Kier molecular flexibility index (Phi) is 9.46. The Balaban J connectivity index is 1.14. The summed E-state index contributed by atoms with van der Waals surface area (Å²) in [7, 11) is 0. The molecule has 0 amide bonds. The predicted molar refractivity (Wildman–Crippen MR) is 197 cm³/mol. The number of hydrogen-bond donors (Lipinski definition) is 3. The SMILES string of the molecule is CCc1cccc2cc(O)cc(-c3c(F)c4c5c(nc(OC[C@@H]6C[C@@H](F)CNC[C@@H](CN7CCOCC7)C6)nc5c3F)N3CC5CCC(N5)C3CO4)c12. The third-order valence-electron chi connectivity index (χ3n) is 12.0. The van der Waals surface area contributed by atoms with E-state index in [0.717, 1.165) is 44.5 Å². The lowest BCUT2D eigenvalue weighted by Crippen LogP contribution is -2.60. The summed E-state index contributed by atoms with van der Waals surface area (Å²) >= 11 is 0. The number of aryl methyl sites for hydroxylation is 1. The first-order valence-electron chi connectivity index (χ1n) is 19.3. The van der Waals surface area contributed by atoms with Crippen LogP contribution in [0, 0.1) is 23.5 Å². The summed E-state index contributed by atoms with van der Waals surface area (Å²) in [4.78, 5) is 14.1. The molecule has 3 N–H and O–H groups in total. The minimum absolute atomic E-state index is 0.0308. The second-order valence-corrected chi connectivity index (χ2v) is 15.5. The number of halogens is 3. The van der Waals surface area contributed by atoms with Crippen LogP contribution in [0.25, 0.3) is 32.8 Å². The second-order valence-electron chi connectivity index (χ2n) is 15.5. The number of anilines is 1. The van der Waals surface area contributed by atoms with Gasteiger partial charge in [-0.2, -0.15) is 9.97 Å². The highest BCUT2D eigenvalue weighted by molar-refractivity contribution is 6.05. The first-order valence-corrected chi connectivity index (χ1v) is 19.3. The Bertz CT molecular complexity index is 2010. The molecule has 3 aromatic carbocycles. The minimum atomic E-state index is -1.03. The molecule has 5 aliphatic heterocycles. The van der Waals surface area contributed by atoms with Gasteiger partial charge in [0.1, 0.15) is 29.9 Å². The first-order chi connectivity index (χ1) is 25.8. The number of aromatic nitrogens is 2. The predicted octanol–water partition coefficient (Wildman–Crippen LogP) is 5.36. The smallest absolute Gasteiger partial charge is 0.319 e. The van der Waals surface area contributed by atoms with Crippen LogP contribution in [0.4, 0.5) is 19.0 Å². The van der Waals surface area contributed by atoms with E-state index in [4.69, 9.17) is 19.2 Å². The number of nitrogens with zero attached hydrogens (tertiary/aromatic N) is 4. The number of aromatic hydroxyl groups is 1. The van der Waals surface area contributed by atoms with Crippen molar-refractivity contribution in [3.63, 3.8) is 0 Å². The Morgan fingerprint density at radius 3 is 2.74 bits per heavy atom. The monoisotopic (exact) mass is 732 g/mol. The number of ether oxygens (including phenoxy) is 3. The van der Waals surface area contributed by atoms with Crippen molar-refractivity contribution in [2.75, 3.05) is 70.6 Å². The van der Waals surface area contributed by atoms with Crippen molar-refractivity contribution >= 4 is 27.5 Å². The number of phenols is 1. The standard InChI is InChI=1S/C40H47F3N6O4/c1-2-24-4-3-5-25-14-28(50)15-29(32(24)25)33-35(42)37-34-38(36(33)43)52-21-31-30-7-6-27(45-30)19-49(31)39(34)47-40(46-37)53-20-22-12-23(16-44-17-26(41)13-22)18-48-8-10-51-11-9-48/h3-5,14-15,22-23,26-27,30-31,44-45,50H,2,6-13,16-21H2,1H3/t22-,23-,26+,27?,30?,31?/m0/s1. The highest BCUT2D eigenvalue weighted by atomic mass is 19.1. The van der Waals surface area contributed by atoms with Crippen LogP contribution in [0.2, 0.25) is 0 Å². The lowest BCUT2D eigenvalue weighted by molar-refractivity contribution is 0.0261. The maximum Gasteiger partial charge on any atom is 0.319 e. The quantitative estimate of drug-likeness (QED) is 0.230. The fourth-order valence-electron chi connectivity index (χ4n) is 9.52. The van der Waals surface area contributed by atoms with E-state index in [1.165, 1.54) is 6.07 Å². The van der Waals surface area contributed by atoms with Gasteiger partial charge in [0.2, 0.25) is 0 Å². The lowest BCUT2D eigenvalue weighted by atomic mass is 9.88. The van der Waals surface area contributed by atoms with Crippen molar-refractivity contribution in [3.05, 3.63) is 47.5 Å². The van der Waals surface area contributed by atoms with Crippen LogP contribution in [0.5, 0.6) is 17.5 Å². The third-order valence-corrected chi connectivity index (χ3v) is 12.0. The lowest BCUT2D eigenvalue weighted by Gasteiger charge is -2.40. The Labute approximate surface area is 307 Å². The van der Waals surface area contributed by atoms with Gasteiger partial charge in [-0.15, -0.1) is 0 Å². The van der Waals surface area contributed by atoms with Gasteiger partial charge in [0.25, 0.3) is 0 Å². The topological polar surface area (TPSA) is 104 Å². The van der Waals surface area contributed by atoms with E-state index >= 15 is 13.2 Å². The van der Waals surface area contributed by atoms with Crippen LogP contribution in [0.1, 0.15) is 38.2 Å². The van der Waals surface area contributed by atoms with Crippen molar-refractivity contribution in [2.45, 2.75) is 63.3 Å². The average Bonchev–Trinajstić information content (AvgIpc) is 3.46. The Morgan fingerprint density at radius 2 is 1.89 bits per heavy atom. The van der Waals surface area contributed by atoms with Gasteiger partial charge in [0.15, 0.2) is 17.4 Å². The third kappa shape index (κ3) is 6.53. The molecule has 0 saturated carbocycles. The van der Waals surface area contributed by atoms with Gasteiger partial charge in [-0.25, -0.2) is 13.2 Å². The molecule has 0 aliphatic carbocycles. The zero-order valence-corrected chi connectivity index (χ0v) is 30.1. The number of piperazine rings is 1. The van der Waals surface area contributed by atoms with Crippen LogP contribution in [-0.4, -0.2) is 110 Å². The molecule has 2 bridgehead atoms. The van der Waals surface area contributed by atoms with E-state index < -0.39 is 17.8 Å². The molecular weight excluding hydrogens is 685 g/mol. The molecule has 4 saturated heterocycles. The number of phenolic OH excluding ortho intramolecular Hbond substituents is 1. The van der Waals surface area contributed by atoms with Crippen LogP contribution in [-0.2, 0) is 11.2 Å². The maximum atomic E-state index is 17.3. The summed E-state index contributed by atoms with van der Waals surface area (Å²) in [5.74, 6) is -1.38. The number of fused-ring (bicyclic) bond motifs is 6. The number of morpholine rings is 1. The number of nitrogens with one attached hydrogen (secondary N) is 2. The fraction of sp³-hybridized carbons (Fsp3) is 0.550. The molecule has 6 atom stereocenters. The van der Waals surface area contributed by atoms with Crippen molar-refractivity contribution in [1.29, 1.82) is 0 Å². The summed E-state index contributed by atoms with van der Waals surface area (Å²) < 4.78 is 67.7. The summed E-state index contributed by atoms with van der Waals surface area (Å²) in [5, 5.41) is 19.3. The molecule has 4 aromatic rings. The molecule has 0 spiro atoms. The van der Waals surface area contributed by atoms with Crippen LogP contribution >= 0.6 is 0 Å². The van der Waals surface area contributed by atoms with E-state index in [2.05, 4.69) is 25.4 Å². The summed E-state index contributed by atoms with van der Waals surface area (Å²) in [6.07, 6.45) is 2.59. The van der Waals surface area contributed by atoms with E-state index in [1.54, 1.807) is 6.07 Å². The highest BCUT2D eigenvalue weighted by Gasteiger charge is 2.45. The van der Waals surface area contributed by atoms with Gasteiger partial charge in [-0.3, -0.25) is 4.90 Å². The molecule has 1 aromatic heterocycles. The zero-order chi connectivity index (χ0) is 36.2. The van der Waals surface area contributed by atoms with E-state index in [1.807, 2.05) is 25.1 Å². The van der Waals surface area contributed by atoms with Gasteiger partial charge in [0, 0.05) is 44.8 Å². The van der Waals surface area contributed by atoms with E-state index in [9.17, 15) is 5.11 Å². The van der Waals surface area contributed by atoms with Gasteiger partial charge < -0.3 is 34.9 Å². The largest absolute Gasteiger partial charge is 0.508 e. The molecule has 282 valence electrons. The molecule has 9 rings (SSSR count). The van der Waals surface area contributed by atoms with Crippen molar-refractivity contribution in [2.24, 2.45) is 11.8 Å². The van der Waals surface area contributed by atoms with Gasteiger partial charge in [-0.1, -0.05) is 25.1 Å². The molecule has 4 fully saturated rings. The average molecular weight is 733 g/mol. The summed E-state index contributed by atoms with van der Waals surface area (Å²) in [6.45, 7) is 7.99. The minimum Gasteiger partial charge on any atom is -0.508 e. The Morgan fingerprint density at radius 1 is 1.02 bits per heavy atom. The zero-order valence-electron chi connectivity index (χ0n) is 30.1. The van der Waals surface area contributed by atoms with Crippen LogP contribution < -0.4 is 25.0 Å². The molecular formula is C40H47F3N6O4. The molecule has 5 aliphatic rings. The van der Waals surface area contributed by atoms with Crippen LogP contribution in [0.3, 0.4) is 0 Å². The number of alkyl halides is 1. The van der Waals surface area contributed by atoms with Crippen molar-refractivity contribution in [1.82, 2.24) is 25.5 Å². The second kappa shape index (κ2) is 14.4. The van der Waals surface area contributed by atoms with Gasteiger partial charge in [-0.05, 0) is 84.5 Å². The fourth-order valence-corrected chi connectivity index (χ4v) is 9.52. The van der Waals surface area contributed by atoms with Gasteiger partial charge in [0.05, 0.1) is 36.8 Å². The van der Waals surface area contributed by atoms with E-state index in [0.29, 0.717) is 61.7 Å². The molecule has 0 radical (unpaired) electrons. The molecule has 13 heteroatoms.